The number of hydrogen-bond donors (Lipinski definition) is 1. The van der Waals surface area contributed by atoms with Gasteiger partial charge < -0.3 is 0 Å². The van der Waals surface area contributed by atoms with E-state index in [-0.39, 0.29) is 11.7 Å². The molecule has 0 atom stereocenters. The summed E-state index contributed by atoms with van der Waals surface area (Å²) in [5, 5.41) is 11.8. The van der Waals surface area contributed by atoms with Gasteiger partial charge in [0.2, 0.25) is 5.13 Å². The minimum absolute atomic E-state index is 0.323. The maximum atomic E-state index is 12.9. The topological polar surface area (TPSA) is 54.9 Å². The highest BCUT2D eigenvalue weighted by atomic mass is 79.9. The van der Waals surface area contributed by atoms with Crippen LogP contribution in [0, 0.1) is 5.82 Å². The molecule has 2 aromatic carbocycles. The van der Waals surface area contributed by atoms with Crippen LogP contribution in [0.15, 0.2) is 46.9 Å². The summed E-state index contributed by atoms with van der Waals surface area (Å²) in [5.74, 6) is -0.700. The normalized spacial score (nSPS) is 10.6. The van der Waals surface area contributed by atoms with Gasteiger partial charge in [0.25, 0.3) is 5.91 Å². The molecule has 8 heteroatoms. The highest BCUT2D eigenvalue weighted by molar-refractivity contribution is 9.10. The molecular weight excluding hydrogens is 405 g/mol. The highest BCUT2D eigenvalue weighted by Gasteiger charge is 2.14. The molecule has 3 rings (SSSR count). The second kappa shape index (κ2) is 6.74. The quantitative estimate of drug-likeness (QED) is 0.658. The van der Waals surface area contributed by atoms with Crippen LogP contribution in [-0.2, 0) is 0 Å². The van der Waals surface area contributed by atoms with Crippen molar-refractivity contribution in [1.29, 1.82) is 0 Å². The monoisotopic (exact) mass is 411 g/mol. The van der Waals surface area contributed by atoms with Gasteiger partial charge in [0.1, 0.15) is 10.8 Å². The van der Waals surface area contributed by atoms with Crippen LogP contribution < -0.4 is 5.32 Å². The molecule has 3 aromatic rings. The van der Waals surface area contributed by atoms with E-state index < -0.39 is 0 Å². The minimum Gasteiger partial charge on any atom is -0.296 e. The molecule has 0 saturated heterocycles. The van der Waals surface area contributed by atoms with Gasteiger partial charge in [-0.1, -0.05) is 38.9 Å². The lowest BCUT2D eigenvalue weighted by molar-refractivity contribution is 0.102. The lowest BCUT2D eigenvalue weighted by atomic mass is 10.2. The summed E-state index contributed by atoms with van der Waals surface area (Å²) in [7, 11) is 0. The van der Waals surface area contributed by atoms with Gasteiger partial charge in [-0.3, -0.25) is 10.1 Å². The van der Waals surface area contributed by atoms with Gasteiger partial charge in [0.05, 0.1) is 10.6 Å². The lowest BCUT2D eigenvalue weighted by Gasteiger charge is -2.04. The second-order valence-corrected chi connectivity index (χ2v) is 6.80. The third-order valence-corrected chi connectivity index (χ3v) is 4.62. The van der Waals surface area contributed by atoms with Crippen molar-refractivity contribution in [2.75, 3.05) is 5.32 Å². The number of aromatic nitrogens is 2. The van der Waals surface area contributed by atoms with Crippen LogP contribution in [0.3, 0.4) is 0 Å². The van der Waals surface area contributed by atoms with Crippen molar-refractivity contribution in [2.24, 2.45) is 0 Å². The summed E-state index contributed by atoms with van der Waals surface area (Å²) in [4.78, 5) is 12.3. The highest BCUT2D eigenvalue weighted by Crippen LogP contribution is 2.27. The molecule has 0 unspecified atom stereocenters. The van der Waals surface area contributed by atoms with Gasteiger partial charge in [-0.05, 0) is 42.5 Å². The Balaban J connectivity index is 1.80. The Morgan fingerprint density at radius 1 is 1.17 bits per heavy atom. The summed E-state index contributed by atoms with van der Waals surface area (Å²) in [6, 6.07) is 10.9. The van der Waals surface area contributed by atoms with Crippen LogP contribution >= 0.6 is 38.9 Å². The number of rotatable bonds is 3. The maximum absolute atomic E-state index is 12.9. The maximum Gasteiger partial charge on any atom is 0.259 e. The average Bonchev–Trinajstić information content (AvgIpc) is 2.99. The van der Waals surface area contributed by atoms with Gasteiger partial charge in [-0.25, -0.2) is 4.39 Å². The number of carbonyl (C=O) groups is 1. The Morgan fingerprint density at radius 2 is 1.91 bits per heavy atom. The number of benzene rings is 2. The van der Waals surface area contributed by atoms with Crippen molar-refractivity contribution < 1.29 is 9.18 Å². The Labute approximate surface area is 148 Å². The Hall–Kier alpha value is -1.83. The molecule has 1 amide bonds. The summed E-state index contributed by atoms with van der Waals surface area (Å²) >= 11 is 10.5. The molecule has 23 heavy (non-hydrogen) atoms. The van der Waals surface area contributed by atoms with E-state index >= 15 is 0 Å². The van der Waals surface area contributed by atoms with Crippen LogP contribution in [0.25, 0.3) is 10.6 Å². The van der Waals surface area contributed by atoms with Crippen LogP contribution in [0.5, 0.6) is 0 Å². The van der Waals surface area contributed by atoms with Crippen molar-refractivity contribution in [3.8, 4) is 10.6 Å². The van der Waals surface area contributed by atoms with Crippen LogP contribution in [0.4, 0.5) is 9.52 Å². The van der Waals surface area contributed by atoms with E-state index in [1.807, 2.05) is 0 Å². The van der Waals surface area contributed by atoms with Gasteiger partial charge in [0, 0.05) is 10.0 Å². The molecule has 0 fully saturated rings. The third-order valence-electron chi connectivity index (χ3n) is 2.91. The first-order valence-electron chi connectivity index (χ1n) is 6.39. The van der Waals surface area contributed by atoms with Crippen LogP contribution in [0.2, 0.25) is 5.02 Å². The summed E-state index contributed by atoms with van der Waals surface area (Å²) in [5.41, 5.74) is 1.06. The van der Waals surface area contributed by atoms with E-state index in [1.165, 1.54) is 23.5 Å². The van der Waals surface area contributed by atoms with Crippen molar-refractivity contribution in [3.05, 3.63) is 63.3 Å². The summed E-state index contributed by atoms with van der Waals surface area (Å²) in [6.45, 7) is 0. The standard InChI is InChI=1S/C15H8BrClFN3OS/c16-9-3-6-12(17)11(7-9)13(22)19-15-21-20-14(23-15)8-1-4-10(18)5-2-8/h1-7H,(H,19,21,22). The molecule has 4 nitrogen and oxygen atoms in total. The smallest absolute Gasteiger partial charge is 0.259 e. The molecule has 1 N–H and O–H groups in total. The van der Waals surface area contributed by atoms with E-state index in [2.05, 4.69) is 31.4 Å². The number of carbonyl (C=O) groups excluding carboxylic acids is 1. The molecule has 0 bridgehead atoms. The molecule has 0 saturated carbocycles. The van der Waals surface area contributed by atoms with E-state index in [0.717, 1.165) is 10.0 Å². The van der Waals surface area contributed by atoms with Crippen LogP contribution in [0.1, 0.15) is 10.4 Å². The molecule has 0 aliphatic carbocycles. The summed E-state index contributed by atoms with van der Waals surface area (Å²) < 4.78 is 13.7. The second-order valence-electron chi connectivity index (χ2n) is 4.50. The van der Waals surface area contributed by atoms with E-state index in [0.29, 0.717) is 20.7 Å². The number of nitrogens with zero attached hydrogens (tertiary/aromatic N) is 2. The lowest BCUT2D eigenvalue weighted by Crippen LogP contribution is -2.12. The molecule has 0 radical (unpaired) electrons. The van der Waals surface area contributed by atoms with Gasteiger partial charge in [-0.15, -0.1) is 10.2 Å². The number of anilines is 1. The van der Waals surface area contributed by atoms with Gasteiger partial charge in [-0.2, -0.15) is 0 Å². The van der Waals surface area contributed by atoms with Crippen LogP contribution in [-0.4, -0.2) is 16.1 Å². The SMILES string of the molecule is O=C(Nc1nnc(-c2ccc(F)cc2)s1)c1cc(Br)ccc1Cl. The zero-order chi connectivity index (χ0) is 16.4. The number of halogens is 3. The first-order chi connectivity index (χ1) is 11.0. The number of amides is 1. The van der Waals surface area contributed by atoms with Gasteiger partial charge in [0.15, 0.2) is 0 Å². The van der Waals surface area contributed by atoms with Crippen molar-refractivity contribution in [3.63, 3.8) is 0 Å². The van der Waals surface area contributed by atoms with E-state index in [4.69, 9.17) is 11.6 Å². The van der Waals surface area contributed by atoms with Crippen molar-refractivity contribution >= 4 is 49.9 Å². The molecule has 0 aliphatic rings. The predicted octanol–water partition coefficient (Wildman–Crippen LogP) is 5.01. The molecule has 1 aromatic heterocycles. The average molecular weight is 413 g/mol. The first-order valence-corrected chi connectivity index (χ1v) is 8.37. The third kappa shape index (κ3) is 3.74. The van der Waals surface area contributed by atoms with E-state index in [9.17, 15) is 9.18 Å². The van der Waals surface area contributed by atoms with Gasteiger partial charge >= 0.3 is 0 Å². The molecular formula is C15H8BrClFN3OS. The molecule has 0 spiro atoms. The Morgan fingerprint density at radius 3 is 2.65 bits per heavy atom. The molecule has 0 aliphatic heterocycles. The largest absolute Gasteiger partial charge is 0.296 e. The van der Waals surface area contributed by atoms with E-state index in [1.54, 1.807) is 30.3 Å². The molecule has 116 valence electrons. The number of hydrogen-bond acceptors (Lipinski definition) is 4. The molecule has 1 heterocycles. The fraction of sp³-hybridized carbons (Fsp3) is 0. The Bertz CT molecular complexity index is 869. The number of nitrogens with one attached hydrogen (secondary N) is 1. The first kappa shape index (κ1) is 16.0. The Kier molecular flexibility index (Phi) is 4.70. The fourth-order valence-corrected chi connectivity index (χ4v) is 3.13. The predicted molar refractivity (Wildman–Crippen MR) is 92.4 cm³/mol. The fourth-order valence-electron chi connectivity index (χ4n) is 1.82. The minimum atomic E-state index is -0.377. The van der Waals surface area contributed by atoms with Crippen molar-refractivity contribution in [1.82, 2.24) is 10.2 Å². The van der Waals surface area contributed by atoms with Crippen molar-refractivity contribution in [2.45, 2.75) is 0 Å². The zero-order valence-electron chi connectivity index (χ0n) is 11.4. The summed E-state index contributed by atoms with van der Waals surface area (Å²) in [6.07, 6.45) is 0. The zero-order valence-corrected chi connectivity index (χ0v) is 14.5.